The van der Waals surface area contributed by atoms with Crippen molar-refractivity contribution in [3.05, 3.63) is 30.4 Å². The number of anilines is 1. The second-order valence-electron chi connectivity index (χ2n) is 3.30. The minimum Gasteiger partial charge on any atom is -0.376 e. The van der Waals surface area contributed by atoms with E-state index in [0.717, 1.165) is 11.3 Å². The van der Waals surface area contributed by atoms with Crippen LogP contribution in [0.1, 0.15) is 18.5 Å². The highest BCUT2D eigenvalue weighted by Crippen LogP contribution is 2.16. The Morgan fingerprint density at radius 1 is 1.50 bits per heavy atom. The first-order valence-electron chi connectivity index (χ1n) is 4.49. The zero-order valence-corrected chi connectivity index (χ0v) is 8.23. The van der Waals surface area contributed by atoms with Crippen LogP contribution < -0.4 is 5.32 Å². The van der Waals surface area contributed by atoms with Crippen molar-refractivity contribution in [1.82, 2.24) is 20.0 Å². The molecule has 0 aliphatic rings. The summed E-state index contributed by atoms with van der Waals surface area (Å²) < 4.78 is 1.79. The second kappa shape index (κ2) is 3.53. The third-order valence-electron chi connectivity index (χ3n) is 2.11. The Labute approximate surface area is 82.1 Å². The lowest BCUT2D eigenvalue weighted by molar-refractivity contribution is 0.765. The van der Waals surface area contributed by atoms with Crippen LogP contribution in [0.5, 0.6) is 0 Å². The van der Waals surface area contributed by atoms with Gasteiger partial charge in [-0.1, -0.05) is 0 Å². The molecule has 0 aromatic carbocycles. The fraction of sp³-hybridized carbons (Fsp3) is 0.333. The largest absolute Gasteiger partial charge is 0.376 e. The smallest absolute Gasteiger partial charge is 0.0728 e. The number of H-pyrrole nitrogens is 1. The lowest BCUT2D eigenvalue weighted by Gasteiger charge is -2.10. The average molecular weight is 191 g/mol. The van der Waals surface area contributed by atoms with Gasteiger partial charge in [0.15, 0.2) is 0 Å². The number of aromatic amines is 1. The van der Waals surface area contributed by atoms with Gasteiger partial charge < -0.3 is 5.32 Å². The molecule has 0 fully saturated rings. The van der Waals surface area contributed by atoms with E-state index in [-0.39, 0.29) is 6.04 Å². The van der Waals surface area contributed by atoms with Crippen LogP contribution in [0.3, 0.4) is 0 Å². The van der Waals surface area contributed by atoms with Gasteiger partial charge >= 0.3 is 0 Å². The first-order chi connectivity index (χ1) is 6.75. The third-order valence-corrected chi connectivity index (χ3v) is 2.11. The Bertz CT molecular complexity index is 389. The Balaban J connectivity index is 2.06. The molecule has 0 radical (unpaired) electrons. The number of nitrogens with zero attached hydrogens (tertiary/aromatic N) is 3. The van der Waals surface area contributed by atoms with Gasteiger partial charge in [-0.15, -0.1) is 0 Å². The number of nitrogens with one attached hydrogen (secondary N) is 2. The van der Waals surface area contributed by atoms with Crippen molar-refractivity contribution in [2.24, 2.45) is 7.05 Å². The first kappa shape index (κ1) is 8.80. The van der Waals surface area contributed by atoms with Crippen LogP contribution in [0.4, 0.5) is 5.69 Å². The van der Waals surface area contributed by atoms with E-state index in [4.69, 9.17) is 0 Å². The van der Waals surface area contributed by atoms with Gasteiger partial charge in [0.1, 0.15) is 0 Å². The molecule has 2 aromatic rings. The maximum Gasteiger partial charge on any atom is 0.0728 e. The van der Waals surface area contributed by atoms with Crippen molar-refractivity contribution >= 4 is 5.69 Å². The molecule has 2 N–H and O–H groups in total. The van der Waals surface area contributed by atoms with Crippen molar-refractivity contribution in [3.8, 4) is 0 Å². The molecule has 0 bridgehead atoms. The number of hydrogen-bond donors (Lipinski definition) is 2. The normalized spacial score (nSPS) is 12.7. The van der Waals surface area contributed by atoms with Crippen molar-refractivity contribution < 1.29 is 0 Å². The summed E-state index contributed by atoms with van der Waals surface area (Å²) in [4.78, 5) is 0. The van der Waals surface area contributed by atoms with Crippen LogP contribution in [0, 0.1) is 0 Å². The molecule has 0 saturated carbocycles. The summed E-state index contributed by atoms with van der Waals surface area (Å²) in [5, 5.41) is 14.0. The summed E-state index contributed by atoms with van der Waals surface area (Å²) >= 11 is 0. The monoisotopic (exact) mass is 191 g/mol. The molecule has 1 atom stereocenters. The molecule has 14 heavy (non-hydrogen) atoms. The summed E-state index contributed by atoms with van der Waals surface area (Å²) in [5.41, 5.74) is 2.15. The zero-order chi connectivity index (χ0) is 9.97. The lowest BCUT2D eigenvalue weighted by Crippen LogP contribution is -2.04. The van der Waals surface area contributed by atoms with Crippen LogP contribution in [0.2, 0.25) is 0 Å². The highest BCUT2D eigenvalue weighted by molar-refractivity contribution is 5.40. The van der Waals surface area contributed by atoms with Crippen molar-refractivity contribution in [3.63, 3.8) is 0 Å². The van der Waals surface area contributed by atoms with E-state index in [0.29, 0.717) is 0 Å². The number of aryl methyl sites for hydroxylation is 1. The molecule has 0 saturated heterocycles. The molecule has 0 aliphatic carbocycles. The van der Waals surface area contributed by atoms with Gasteiger partial charge in [-0.05, 0) is 6.92 Å². The van der Waals surface area contributed by atoms with Gasteiger partial charge in [0.05, 0.1) is 24.1 Å². The Morgan fingerprint density at radius 3 is 2.93 bits per heavy atom. The molecule has 5 heteroatoms. The van der Waals surface area contributed by atoms with E-state index < -0.39 is 0 Å². The third kappa shape index (κ3) is 1.76. The number of rotatable bonds is 3. The SMILES string of the molecule is CC(Nc1cn[nH]c1)c1cnn(C)c1. The van der Waals surface area contributed by atoms with Crippen LogP contribution in [0.25, 0.3) is 0 Å². The van der Waals surface area contributed by atoms with E-state index in [1.54, 1.807) is 10.9 Å². The van der Waals surface area contributed by atoms with Crippen molar-refractivity contribution in [1.29, 1.82) is 0 Å². The van der Waals surface area contributed by atoms with Gasteiger partial charge in [0, 0.05) is 25.0 Å². The van der Waals surface area contributed by atoms with Gasteiger partial charge in [-0.25, -0.2) is 0 Å². The lowest BCUT2D eigenvalue weighted by atomic mass is 10.2. The molecular formula is C9H13N5. The highest BCUT2D eigenvalue weighted by atomic mass is 15.2. The summed E-state index contributed by atoms with van der Waals surface area (Å²) in [5.74, 6) is 0. The predicted octanol–water partition coefficient (Wildman–Crippen LogP) is 1.32. The van der Waals surface area contributed by atoms with E-state index in [1.807, 2.05) is 25.6 Å². The van der Waals surface area contributed by atoms with Crippen LogP contribution in [-0.4, -0.2) is 20.0 Å². The minimum absolute atomic E-state index is 0.237. The highest BCUT2D eigenvalue weighted by Gasteiger charge is 2.07. The fourth-order valence-corrected chi connectivity index (χ4v) is 1.33. The minimum atomic E-state index is 0.237. The summed E-state index contributed by atoms with van der Waals surface area (Å²) in [6.07, 6.45) is 7.44. The Kier molecular flexibility index (Phi) is 2.22. The molecule has 0 aliphatic heterocycles. The maximum atomic E-state index is 4.12. The van der Waals surface area contributed by atoms with Gasteiger partial charge in [-0.2, -0.15) is 10.2 Å². The van der Waals surface area contributed by atoms with E-state index in [2.05, 4.69) is 27.5 Å². The first-order valence-corrected chi connectivity index (χ1v) is 4.49. The topological polar surface area (TPSA) is 58.5 Å². The zero-order valence-electron chi connectivity index (χ0n) is 8.23. The molecule has 2 aromatic heterocycles. The Morgan fingerprint density at radius 2 is 2.36 bits per heavy atom. The van der Waals surface area contributed by atoms with E-state index >= 15 is 0 Å². The Hall–Kier alpha value is -1.78. The van der Waals surface area contributed by atoms with Gasteiger partial charge in [0.2, 0.25) is 0 Å². The van der Waals surface area contributed by atoms with Crippen LogP contribution >= 0.6 is 0 Å². The standard InChI is InChI=1S/C9H13N5/c1-7(8-3-12-14(2)6-8)13-9-4-10-11-5-9/h3-7,13H,1-2H3,(H,10,11). The summed E-state index contributed by atoms with van der Waals surface area (Å²) in [6, 6.07) is 0.237. The second-order valence-corrected chi connectivity index (χ2v) is 3.30. The molecule has 1 unspecified atom stereocenters. The summed E-state index contributed by atoms with van der Waals surface area (Å²) in [6.45, 7) is 2.09. The van der Waals surface area contributed by atoms with Crippen molar-refractivity contribution in [2.45, 2.75) is 13.0 Å². The maximum absolute atomic E-state index is 4.12. The van der Waals surface area contributed by atoms with Gasteiger partial charge in [0.25, 0.3) is 0 Å². The van der Waals surface area contributed by atoms with E-state index in [9.17, 15) is 0 Å². The molecular weight excluding hydrogens is 178 g/mol. The van der Waals surface area contributed by atoms with Crippen molar-refractivity contribution in [2.75, 3.05) is 5.32 Å². The van der Waals surface area contributed by atoms with Crippen LogP contribution in [0.15, 0.2) is 24.8 Å². The van der Waals surface area contributed by atoms with Gasteiger partial charge in [-0.3, -0.25) is 9.78 Å². The molecule has 2 heterocycles. The number of aromatic nitrogens is 4. The van der Waals surface area contributed by atoms with E-state index in [1.165, 1.54) is 0 Å². The predicted molar refractivity (Wildman–Crippen MR) is 53.8 cm³/mol. The molecule has 74 valence electrons. The molecule has 0 amide bonds. The molecule has 5 nitrogen and oxygen atoms in total. The molecule has 2 rings (SSSR count). The average Bonchev–Trinajstić information content (AvgIpc) is 2.75. The quantitative estimate of drug-likeness (QED) is 0.769. The fourth-order valence-electron chi connectivity index (χ4n) is 1.33. The summed E-state index contributed by atoms with van der Waals surface area (Å²) in [7, 11) is 1.91. The molecule has 0 spiro atoms. The van der Waals surface area contributed by atoms with Crippen LogP contribution in [-0.2, 0) is 7.05 Å². The number of hydrogen-bond acceptors (Lipinski definition) is 3.